The SMILES string of the molecule is CC(C)CC(C)(C)CNC(=O)CC1CNCCN1C. The Kier molecular flexibility index (Phi) is 6.27. The summed E-state index contributed by atoms with van der Waals surface area (Å²) in [6, 6.07) is 0.335. The first-order valence-electron chi connectivity index (χ1n) is 7.48. The molecule has 2 N–H and O–H groups in total. The normalized spacial score (nSPS) is 21.7. The summed E-state index contributed by atoms with van der Waals surface area (Å²) in [6.45, 7) is 12.6. The van der Waals surface area contributed by atoms with Crippen LogP contribution in [-0.4, -0.2) is 50.1 Å². The van der Waals surface area contributed by atoms with E-state index >= 15 is 0 Å². The van der Waals surface area contributed by atoms with Gasteiger partial charge in [0.2, 0.25) is 5.91 Å². The molecule has 1 rings (SSSR count). The van der Waals surface area contributed by atoms with Crippen molar-refractivity contribution in [3.05, 3.63) is 0 Å². The van der Waals surface area contributed by atoms with Gasteiger partial charge >= 0.3 is 0 Å². The van der Waals surface area contributed by atoms with E-state index in [2.05, 4.69) is 50.3 Å². The molecule has 1 fully saturated rings. The number of likely N-dealkylation sites (N-methyl/N-ethyl adjacent to an activating group) is 1. The fraction of sp³-hybridized carbons (Fsp3) is 0.933. The van der Waals surface area contributed by atoms with E-state index in [1.54, 1.807) is 0 Å². The molecule has 4 heteroatoms. The van der Waals surface area contributed by atoms with Crippen LogP contribution in [0.4, 0.5) is 0 Å². The zero-order valence-electron chi connectivity index (χ0n) is 13.3. The lowest BCUT2D eigenvalue weighted by atomic mass is 9.84. The second-order valence-corrected chi connectivity index (χ2v) is 7.08. The van der Waals surface area contributed by atoms with E-state index < -0.39 is 0 Å². The summed E-state index contributed by atoms with van der Waals surface area (Å²) in [5.74, 6) is 0.845. The summed E-state index contributed by atoms with van der Waals surface area (Å²) in [5, 5.41) is 6.45. The summed E-state index contributed by atoms with van der Waals surface area (Å²) in [6.07, 6.45) is 1.74. The third kappa shape index (κ3) is 6.39. The van der Waals surface area contributed by atoms with Gasteiger partial charge in [-0.3, -0.25) is 4.79 Å². The molecule has 0 saturated carbocycles. The predicted octanol–water partition coefficient (Wildman–Crippen LogP) is 1.47. The van der Waals surface area contributed by atoms with Crippen molar-refractivity contribution in [2.75, 3.05) is 33.2 Å². The van der Waals surface area contributed by atoms with Crippen molar-refractivity contribution >= 4 is 5.91 Å². The third-order valence-electron chi connectivity index (χ3n) is 3.79. The number of carbonyl (C=O) groups excluding carboxylic acids is 1. The second kappa shape index (κ2) is 7.25. The first-order chi connectivity index (χ1) is 8.80. The second-order valence-electron chi connectivity index (χ2n) is 7.08. The molecule has 0 bridgehead atoms. The topological polar surface area (TPSA) is 44.4 Å². The summed E-state index contributed by atoms with van der Waals surface area (Å²) in [7, 11) is 2.10. The van der Waals surface area contributed by atoms with E-state index in [1.165, 1.54) is 0 Å². The average molecular weight is 269 g/mol. The summed E-state index contributed by atoms with van der Waals surface area (Å²) >= 11 is 0. The van der Waals surface area contributed by atoms with Crippen molar-refractivity contribution < 1.29 is 4.79 Å². The molecule has 0 aromatic heterocycles. The van der Waals surface area contributed by atoms with Crippen LogP contribution in [-0.2, 0) is 4.79 Å². The fourth-order valence-electron chi connectivity index (χ4n) is 2.89. The maximum atomic E-state index is 12.0. The van der Waals surface area contributed by atoms with Crippen LogP contribution < -0.4 is 10.6 Å². The van der Waals surface area contributed by atoms with Gasteiger partial charge in [-0.15, -0.1) is 0 Å². The summed E-state index contributed by atoms with van der Waals surface area (Å²) in [5.41, 5.74) is 0.181. The molecule has 112 valence electrons. The van der Waals surface area contributed by atoms with Crippen LogP contribution in [0.5, 0.6) is 0 Å². The summed E-state index contributed by atoms with van der Waals surface area (Å²) < 4.78 is 0. The van der Waals surface area contributed by atoms with E-state index in [0.717, 1.165) is 32.6 Å². The molecule has 19 heavy (non-hydrogen) atoms. The minimum Gasteiger partial charge on any atom is -0.356 e. The Morgan fingerprint density at radius 2 is 2.16 bits per heavy atom. The molecular weight excluding hydrogens is 238 g/mol. The first kappa shape index (κ1) is 16.4. The molecule has 1 aliphatic rings. The van der Waals surface area contributed by atoms with E-state index in [0.29, 0.717) is 18.4 Å². The van der Waals surface area contributed by atoms with E-state index in [-0.39, 0.29) is 11.3 Å². The van der Waals surface area contributed by atoms with E-state index in [9.17, 15) is 4.79 Å². The number of piperazine rings is 1. The fourth-order valence-corrected chi connectivity index (χ4v) is 2.89. The molecule has 0 spiro atoms. The minimum absolute atomic E-state index is 0.178. The van der Waals surface area contributed by atoms with Gasteiger partial charge in [0.05, 0.1) is 0 Å². The summed E-state index contributed by atoms with van der Waals surface area (Å²) in [4.78, 5) is 14.3. The van der Waals surface area contributed by atoms with Gasteiger partial charge < -0.3 is 15.5 Å². The Bertz CT molecular complexity index is 289. The van der Waals surface area contributed by atoms with E-state index in [1.807, 2.05) is 0 Å². The zero-order valence-corrected chi connectivity index (χ0v) is 13.3. The van der Waals surface area contributed by atoms with Crippen LogP contribution in [0.1, 0.15) is 40.5 Å². The maximum absolute atomic E-state index is 12.0. The zero-order chi connectivity index (χ0) is 14.5. The van der Waals surface area contributed by atoms with Gasteiger partial charge in [0.15, 0.2) is 0 Å². The van der Waals surface area contributed by atoms with Crippen LogP contribution in [0.25, 0.3) is 0 Å². The Morgan fingerprint density at radius 3 is 2.74 bits per heavy atom. The molecular formula is C15H31N3O. The minimum atomic E-state index is 0.178. The average Bonchev–Trinajstić information content (AvgIpc) is 2.28. The van der Waals surface area contributed by atoms with Gasteiger partial charge in [-0.25, -0.2) is 0 Å². The molecule has 1 unspecified atom stereocenters. The monoisotopic (exact) mass is 269 g/mol. The van der Waals surface area contributed by atoms with Gasteiger partial charge in [-0.2, -0.15) is 0 Å². The lowest BCUT2D eigenvalue weighted by Gasteiger charge is -2.33. The number of amides is 1. The third-order valence-corrected chi connectivity index (χ3v) is 3.79. The van der Waals surface area contributed by atoms with Crippen LogP contribution in [0.3, 0.4) is 0 Å². The standard InChI is InChI=1S/C15H31N3O/c1-12(2)9-15(3,4)11-17-14(19)8-13-10-16-6-7-18(13)5/h12-13,16H,6-11H2,1-5H3,(H,17,19). The molecule has 1 saturated heterocycles. The van der Waals surface area contributed by atoms with Gasteiger partial charge in [0.25, 0.3) is 0 Å². The lowest BCUT2D eigenvalue weighted by Crippen LogP contribution is -2.51. The highest BCUT2D eigenvalue weighted by atomic mass is 16.1. The van der Waals surface area contributed by atoms with Crippen molar-refractivity contribution in [2.45, 2.75) is 46.6 Å². The lowest BCUT2D eigenvalue weighted by molar-refractivity contribution is -0.122. The smallest absolute Gasteiger partial charge is 0.221 e. The highest BCUT2D eigenvalue weighted by molar-refractivity contribution is 5.76. The van der Waals surface area contributed by atoms with Crippen molar-refractivity contribution in [1.29, 1.82) is 0 Å². The number of rotatable bonds is 6. The number of carbonyl (C=O) groups is 1. The van der Waals surface area contributed by atoms with Crippen LogP contribution in [0.2, 0.25) is 0 Å². The highest BCUT2D eigenvalue weighted by Gasteiger charge is 2.24. The van der Waals surface area contributed by atoms with Gasteiger partial charge in [0.1, 0.15) is 0 Å². The largest absolute Gasteiger partial charge is 0.356 e. The quantitative estimate of drug-likeness (QED) is 0.767. The molecule has 0 aliphatic carbocycles. The van der Waals surface area contributed by atoms with Crippen molar-refractivity contribution in [1.82, 2.24) is 15.5 Å². The maximum Gasteiger partial charge on any atom is 0.221 e. The molecule has 0 radical (unpaired) electrons. The first-order valence-corrected chi connectivity index (χ1v) is 7.48. The predicted molar refractivity (Wildman–Crippen MR) is 80.2 cm³/mol. The number of nitrogens with zero attached hydrogens (tertiary/aromatic N) is 1. The van der Waals surface area contributed by atoms with Crippen LogP contribution in [0.15, 0.2) is 0 Å². The Balaban J connectivity index is 2.31. The van der Waals surface area contributed by atoms with Crippen molar-refractivity contribution in [3.63, 3.8) is 0 Å². The van der Waals surface area contributed by atoms with E-state index in [4.69, 9.17) is 0 Å². The van der Waals surface area contributed by atoms with Crippen LogP contribution in [0, 0.1) is 11.3 Å². The molecule has 0 aromatic rings. The molecule has 1 atom stereocenters. The Hall–Kier alpha value is -0.610. The Morgan fingerprint density at radius 1 is 1.47 bits per heavy atom. The van der Waals surface area contributed by atoms with Crippen molar-refractivity contribution in [3.8, 4) is 0 Å². The number of hydrogen-bond donors (Lipinski definition) is 2. The Labute approximate surface area is 118 Å². The van der Waals surface area contributed by atoms with Gasteiger partial charge in [-0.1, -0.05) is 27.7 Å². The van der Waals surface area contributed by atoms with Crippen molar-refractivity contribution in [2.24, 2.45) is 11.3 Å². The highest BCUT2D eigenvalue weighted by Crippen LogP contribution is 2.24. The molecule has 1 heterocycles. The number of hydrogen-bond acceptors (Lipinski definition) is 3. The van der Waals surface area contributed by atoms with Gasteiger partial charge in [-0.05, 0) is 24.8 Å². The molecule has 0 aromatic carbocycles. The molecule has 4 nitrogen and oxygen atoms in total. The molecule has 1 aliphatic heterocycles. The molecule has 1 amide bonds. The number of nitrogens with one attached hydrogen (secondary N) is 2. The van der Waals surface area contributed by atoms with Crippen LogP contribution >= 0.6 is 0 Å². The van der Waals surface area contributed by atoms with Gasteiger partial charge in [0, 0.05) is 38.6 Å².